The van der Waals surface area contributed by atoms with Gasteiger partial charge in [-0.2, -0.15) is 0 Å². The molecule has 36 heavy (non-hydrogen) atoms. The van der Waals surface area contributed by atoms with E-state index >= 15 is 0 Å². The van der Waals surface area contributed by atoms with Crippen LogP contribution in [0.5, 0.6) is 0 Å². The predicted octanol–water partition coefficient (Wildman–Crippen LogP) is 3.48. The van der Waals surface area contributed by atoms with Crippen LogP contribution in [0, 0.1) is 11.8 Å². The van der Waals surface area contributed by atoms with Gasteiger partial charge in [-0.05, 0) is 46.5 Å². The molecular weight excluding hydrogens is 474 g/mol. The van der Waals surface area contributed by atoms with E-state index in [-0.39, 0.29) is 30.4 Å². The minimum Gasteiger partial charge on any atom is -0.394 e. The van der Waals surface area contributed by atoms with Crippen LogP contribution in [-0.2, 0) is 14.4 Å². The Morgan fingerprint density at radius 3 is 2.39 bits per heavy atom. The zero-order valence-corrected chi connectivity index (χ0v) is 23.6. The first-order valence-corrected chi connectivity index (χ1v) is 14.3. The summed E-state index contributed by atoms with van der Waals surface area (Å²) >= 11 is 1.68. The van der Waals surface area contributed by atoms with Gasteiger partial charge in [0.1, 0.15) is 6.04 Å². The standard InChI is InChI=1S/C28H45N3O4S/c1-8-12-19(5)30(17-11-4)26(35)23-28-14-13-27(7,36-28)21(24(33)29(15-9-2)16-10-3)22(28)25(34)31(23)20(6)18-32/h9,11,19-23,32H,2,4,8,10,12-18H2,1,3,5-7H3/t19?,20-,21-,22+,23?,27+,28?/m1/s1. The Labute approximate surface area is 221 Å². The van der Waals surface area contributed by atoms with E-state index in [1.165, 1.54) is 0 Å². The molecule has 0 aliphatic carbocycles. The highest BCUT2D eigenvalue weighted by Crippen LogP contribution is 2.71. The fourth-order valence-electron chi connectivity index (χ4n) is 6.85. The normalized spacial score (nSPS) is 32.2. The Balaban J connectivity index is 2.11. The van der Waals surface area contributed by atoms with Gasteiger partial charge in [-0.25, -0.2) is 0 Å². The van der Waals surface area contributed by atoms with Crippen LogP contribution in [0.25, 0.3) is 0 Å². The lowest BCUT2D eigenvalue weighted by atomic mass is 9.66. The summed E-state index contributed by atoms with van der Waals surface area (Å²) in [6.45, 7) is 19.0. The predicted molar refractivity (Wildman–Crippen MR) is 145 cm³/mol. The van der Waals surface area contributed by atoms with Gasteiger partial charge < -0.3 is 19.8 Å². The summed E-state index contributed by atoms with van der Waals surface area (Å²) in [6, 6.07) is -1.22. The SMILES string of the molecule is C=CCN(CCC)C(=O)[C@H]1[C@H]2C(=O)N([C@H](C)CO)C(C(=O)N(CC=C)C(C)CCC)C23CC[C@]1(C)S3. The average molecular weight is 520 g/mol. The maximum absolute atomic E-state index is 14.4. The van der Waals surface area contributed by atoms with Crippen molar-refractivity contribution in [2.45, 2.75) is 94.3 Å². The monoisotopic (exact) mass is 519 g/mol. The molecule has 7 nitrogen and oxygen atoms in total. The molecule has 3 rings (SSSR count). The van der Waals surface area contributed by atoms with E-state index in [0.29, 0.717) is 26.1 Å². The summed E-state index contributed by atoms with van der Waals surface area (Å²) in [5.41, 5.74) is 0. The van der Waals surface area contributed by atoms with Gasteiger partial charge in [0.2, 0.25) is 17.7 Å². The van der Waals surface area contributed by atoms with E-state index in [0.717, 1.165) is 25.7 Å². The molecule has 0 radical (unpaired) electrons. The van der Waals surface area contributed by atoms with E-state index in [9.17, 15) is 19.5 Å². The number of rotatable bonds is 13. The van der Waals surface area contributed by atoms with Crippen molar-refractivity contribution < 1.29 is 19.5 Å². The highest BCUT2D eigenvalue weighted by molar-refractivity contribution is 8.02. The number of hydrogen-bond acceptors (Lipinski definition) is 5. The van der Waals surface area contributed by atoms with Gasteiger partial charge in [0.15, 0.2) is 0 Å². The van der Waals surface area contributed by atoms with Crippen molar-refractivity contribution in [1.29, 1.82) is 0 Å². The first kappa shape index (κ1) is 28.8. The molecule has 3 saturated heterocycles. The lowest BCUT2D eigenvalue weighted by molar-refractivity contribution is -0.148. The molecule has 0 saturated carbocycles. The summed E-state index contributed by atoms with van der Waals surface area (Å²) in [4.78, 5) is 47.8. The smallest absolute Gasteiger partial charge is 0.247 e. The molecule has 2 bridgehead atoms. The maximum atomic E-state index is 14.4. The topological polar surface area (TPSA) is 81.2 Å². The van der Waals surface area contributed by atoms with Gasteiger partial charge in [0.05, 0.1) is 29.2 Å². The Morgan fingerprint density at radius 1 is 1.17 bits per heavy atom. The van der Waals surface area contributed by atoms with Crippen molar-refractivity contribution in [3.8, 4) is 0 Å². The molecule has 3 amide bonds. The van der Waals surface area contributed by atoms with Gasteiger partial charge in [0.25, 0.3) is 0 Å². The summed E-state index contributed by atoms with van der Waals surface area (Å²) < 4.78 is -1.08. The van der Waals surface area contributed by atoms with Crippen molar-refractivity contribution >= 4 is 29.5 Å². The third-order valence-corrected chi connectivity index (χ3v) is 10.4. The molecule has 7 atom stereocenters. The average Bonchev–Trinajstić information content (AvgIpc) is 3.42. The number of likely N-dealkylation sites (tertiary alicyclic amines) is 1. The Bertz CT molecular complexity index is 881. The van der Waals surface area contributed by atoms with Crippen molar-refractivity contribution in [3.63, 3.8) is 0 Å². The van der Waals surface area contributed by atoms with Crippen LogP contribution < -0.4 is 0 Å². The summed E-state index contributed by atoms with van der Waals surface area (Å²) in [5.74, 6) is -1.34. The summed E-state index contributed by atoms with van der Waals surface area (Å²) in [5, 5.41) is 10.1. The zero-order chi connectivity index (χ0) is 26.8. The second-order valence-corrected chi connectivity index (χ2v) is 12.9. The first-order chi connectivity index (χ1) is 17.1. The van der Waals surface area contributed by atoms with Crippen molar-refractivity contribution in [2.75, 3.05) is 26.2 Å². The van der Waals surface area contributed by atoms with Crippen LogP contribution in [0.4, 0.5) is 0 Å². The van der Waals surface area contributed by atoms with Crippen LogP contribution in [0.3, 0.4) is 0 Å². The number of hydrogen-bond donors (Lipinski definition) is 1. The number of nitrogens with zero attached hydrogens (tertiary/aromatic N) is 3. The fraction of sp³-hybridized carbons (Fsp3) is 0.750. The highest BCUT2D eigenvalue weighted by atomic mass is 32.2. The zero-order valence-electron chi connectivity index (χ0n) is 22.7. The highest BCUT2D eigenvalue weighted by Gasteiger charge is 2.77. The number of carbonyl (C=O) groups excluding carboxylic acids is 3. The van der Waals surface area contributed by atoms with Crippen LogP contribution in [0.2, 0.25) is 0 Å². The molecule has 3 unspecified atom stereocenters. The Hall–Kier alpha value is -1.80. The Morgan fingerprint density at radius 2 is 1.83 bits per heavy atom. The number of carbonyl (C=O) groups is 3. The number of fused-ring (bicyclic) bond motifs is 1. The van der Waals surface area contributed by atoms with Crippen LogP contribution >= 0.6 is 11.8 Å². The second-order valence-electron chi connectivity index (χ2n) is 11.0. The lowest BCUT2D eigenvalue weighted by Crippen LogP contribution is -2.58. The van der Waals surface area contributed by atoms with Crippen molar-refractivity contribution in [3.05, 3.63) is 25.3 Å². The van der Waals surface area contributed by atoms with E-state index in [1.54, 1.807) is 35.7 Å². The molecule has 3 heterocycles. The van der Waals surface area contributed by atoms with Gasteiger partial charge in [-0.15, -0.1) is 24.9 Å². The van der Waals surface area contributed by atoms with Gasteiger partial charge in [-0.3, -0.25) is 14.4 Å². The number of amides is 3. The largest absolute Gasteiger partial charge is 0.394 e. The summed E-state index contributed by atoms with van der Waals surface area (Å²) in [7, 11) is 0. The molecule has 202 valence electrons. The number of aliphatic hydroxyl groups is 1. The third-order valence-electron chi connectivity index (χ3n) is 8.46. The summed E-state index contributed by atoms with van der Waals surface area (Å²) in [6.07, 6.45) is 7.57. The van der Waals surface area contributed by atoms with Crippen LogP contribution in [0.15, 0.2) is 25.3 Å². The number of aliphatic hydroxyl groups excluding tert-OH is 1. The molecule has 0 aromatic rings. The van der Waals surface area contributed by atoms with E-state index in [4.69, 9.17) is 0 Å². The molecule has 3 aliphatic rings. The van der Waals surface area contributed by atoms with E-state index in [2.05, 4.69) is 27.0 Å². The molecular formula is C28H45N3O4S. The maximum Gasteiger partial charge on any atom is 0.247 e. The molecule has 8 heteroatoms. The van der Waals surface area contributed by atoms with Crippen LogP contribution in [-0.4, -0.2) is 91.4 Å². The molecule has 1 N–H and O–H groups in total. The number of thioether (sulfide) groups is 1. The van der Waals surface area contributed by atoms with Gasteiger partial charge in [-0.1, -0.05) is 32.4 Å². The van der Waals surface area contributed by atoms with Gasteiger partial charge >= 0.3 is 0 Å². The van der Waals surface area contributed by atoms with Crippen molar-refractivity contribution in [2.24, 2.45) is 11.8 Å². The van der Waals surface area contributed by atoms with E-state index < -0.39 is 33.4 Å². The lowest BCUT2D eigenvalue weighted by Gasteiger charge is -2.40. The fourth-order valence-corrected chi connectivity index (χ4v) is 9.18. The quantitative estimate of drug-likeness (QED) is 0.377. The Kier molecular flexibility index (Phi) is 9.03. The minimum atomic E-state index is -0.708. The van der Waals surface area contributed by atoms with E-state index in [1.807, 2.05) is 23.6 Å². The minimum absolute atomic E-state index is 0.00147. The molecule has 3 fully saturated rings. The molecule has 1 spiro atoms. The third kappa shape index (κ3) is 4.53. The molecule has 0 aromatic carbocycles. The molecule has 3 aliphatic heterocycles. The first-order valence-electron chi connectivity index (χ1n) is 13.5. The van der Waals surface area contributed by atoms with Crippen molar-refractivity contribution in [1.82, 2.24) is 14.7 Å². The molecule has 0 aromatic heterocycles. The van der Waals surface area contributed by atoms with Gasteiger partial charge in [0, 0.05) is 30.4 Å². The van der Waals surface area contributed by atoms with Crippen LogP contribution in [0.1, 0.15) is 66.7 Å². The second kappa shape index (κ2) is 11.3.